The topological polar surface area (TPSA) is 61.4 Å². The lowest BCUT2D eigenvalue weighted by molar-refractivity contribution is -0.119. The van der Waals surface area contributed by atoms with Gasteiger partial charge in [-0.2, -0.15) is 0 Å². The summed E-state index contributed by atoms with van der Waals surface area (Å²) in [6.45, 7) is 3.24. The lowest BCUT2D eigenvalue weighted by atomic mass is 10.0. The van der Waals surface area contributed by atoms with E-state index in [2.05, 4.69) is 17.6 Å². The van der Waals surface area contributed by atoms with Crippen molar-refractivity contribution in [3.8, 4) is 0 Å². The summed E-state index contributed by atoms with van der Waals surface area (Å²) in [5.41, 5.74) is 2.29. The fourth-order valence-corrected chi connectivity index (χ4v) is 4.49. The number of hydrogen-bond acceptors (Lipinski definition) is 3. The van der Waals surface area contributed by atoms with E-state index in [1.54, 1.807) is 24.1 Å². The van der Waals surface area contributed by atoms with Gasteiger partial charge in [0.05, 0.1) is 6.54 Å². The Kier molecular flexibility index (Phi) is 15.9. The smallest absolute Gasteiger partial charge is 0.258 e. The van der Waals surface area contributed by atoms with Crippen molar-refractivity contribution in [3.05, 3.63) is 60.2 Å². The maximum Gasteiger partial charge on any atom is 0.258 e. The van der Waals surface area contributed by atoms with Crippen LogP contribution in [0.1, 0.15) is 107 Å². The molecule has 2 aromatic carbocycles. The number of benzene rings is 2. The number of nitrogens with one attached hydrogen (secondary N) is 2. The molecule has 0 saturated heterocycles. The Labute approximate surface area is 225 Å². The minimum atomic E-state index is -0.0661. The van der Waals surface area contributed by atoms with E-state index in [1.165, 1.54) is 83.5 Å². The van der Waals surface area contributed by atoms with Gasteiger partial charge in [-0.25, -0.2) is 0 Å². The van der Waals surface area contributed by atoms with E-state index in [-0.39, 0.29) is 18.4 Å². The molecule has 0 fully saturated rings. The number of anilines is 2. The van der Waals surface area contributed by atoms with Gasteiger partial charge in [0.25, 0.3) is 5.91 Å². The Bertz CT molecular complexity index is 867. The zero-order valence-electron chi connectivity index (χ0n) is 23.3. The molecule has 204 valence electrons. The third-order valence-corrected chi connectivity index (χ3v) is 6.89. The van der Waals surface area contributed by atoms with Crippen molar-refractivity contribution in [2.75, 3.05) is 30.4 Å². The van der Waals surface area contributed by atoms with Crippen molar-refractivity contribution < 1.29 is 9.59 Å². The Morgan fingerprint density at radius 2 is 1.19 bits per heavy atom. The maximum atomic E-state index is 12.7. The number of amides is 2. The number of unbranched alkanes of at least 4 members (excludes halogenated alkanes) is 13. The lowest BCUT2D eigenvalue weighted by Gasteiger charge is -2.17. The predicted octanol–water partition coefficient (Wildman–Crippen LogP) is 7.97. The van der Waals surface area contributed by atoms with Crippen LogP contribution < -0.4 is 15.5 Å². The van der Waals surface area contributed by atoms with Crippen molar-refractivity contribution >= 4 is 23.2 Å². The second kappa shape index (κ2) is 19.3. The second-order valence-corrected chi connectivity index (χ2v) is 10.1. The first-order valence-corrected chi connectivity index (χ1v) is 14.6. The minimum absolute atomic E-state index is 0.00124. The molecular formula is C32H49N3O2. The fourth-order valence-electron chi connectivity index (χ4n) is 4.49. The Hall–Kier alpha value is -2.82. The first kappa shape index (κ1) is 30.4. The molecule has 2 rings (SSSR count). The van der Waals surface area contributed by atoms with Crippen molar-refractivity contribution in [1.82, 2.24) is 5.32 Å². The average molecular weight is 508 g/mol. The Balaban J connectivity index is 1.46. The van der Waals surface area contributed by atoms with Gasteiger partial charge >= 0.3 is 0 Å². The molecular weight excluding hydrogens is 458 g/mol. The van der Waals surface area contributed by atoms with E-state index < -0.39 is 0 Å². The quantitative estimate of drug-likeness (QED) is 0.179. The summed E-state index contributed by atoms with van der Waals surface area (Å²) in [5, 5.41) is 6.13. The van der Waals surface area contributed by atoms with E-state index in [9.17, 15) is 9.59 Å². The average Bonchev–Trinajstić information content (AvgIpc) is 2.94. The highest BCUT2D eigenvalue weighted by Gasteiger charge is 2.13. The number of nitrogens with zero attached hydrogens (tertiary/aromatic N) is 1. The maximum absolute atomic E-state index is 12.7. The largest absolute Gasteiger partial charge is 0.376 e. The van der Waals surface area contributed by atoms with E-state index >= 15 is 0 Å². The van der Waals surface area contributed by atoms with Crippen LogP contribution in [-0.2, 0) is 4.79 Å². The van der Waals surface area contributed by atoms with Crippen LogP contribution in [0.4, 0.5) is 11.4 Å². The van der Waals surface area contributed by atoms with E-state index in [4.69, 9.17) is 0 Å². The fraction of sp³-hybridized carbons (Fsp3) is 0.562. The van der Waals surface area contributed by atoms with Gasteiger partial charge in [-0.05, 0) is 42.8 Å². The summed E-state index contributed by atoms with van der Waals surface area (Å²) in [4.78, 5) is 26.5. The first-order chi connectivity index (χ1) is 18.1. The van der Waals surface area contributed by atoms with Gasteiger partial charge in [-0.3, -0.25) is 9.59 Å². The molecule has 0 bridgehead atoms. The van der Waals surface area contributed by atoms with Crippen molar-refractivity contribution in [3.63, 3.8) is 0 Å². The second-order valence-electron chi connectivity index (χ2n) is 10.1. The van der Waals surface area contributed by atoms with Gasteiger partial charge in [0.1, 0.15) is 0 Å². The van der Waals surface area contributed by atoms with Crippen LogP contribution in [0.15, 0.2) is 54.6 Å². The third kappa shape index (κ3) is 13.3. The minimum Gasteiger partial charge on any atom is -0.376 e. The van der Waals surface area contributed by atoms with Gasteiger partial charge in [-0.1, -0.05) is 109 Å². The van der Waals surface area contributed by atoms with Crippen LogP contribution in [0.5, 0.6) is 0 Å². The van der Waals surface area contributed by atoms with Crippen molar-refractivity contribution in [2.45, 2.75) is 96.8 Å². The molecule has 0 unspecified atom stereocenters. The van der Waals surface area contributed by atoms with Gasteiger partial charge in [-0.15, -0.1) is 0 Å². The SMILES string of the molecule is CCCCCCCCCCCCCCCCNC(=O)CNc1ccc(C(=O)N(C)c2ccccc2)cc1. The van der Waals surface area contributed by atoms with Crippen LogP contribution in [0.3, 0.4) is 0 Å². The van der Waals surface area contributed by atoms with E-state index in [0.29, 0.717) is 5.56 Å². The molecule has 5 heteroatoms. The monoisotopic (exact) mass is 507 g/mol. The van der Waals surface area contributed by atoms with Gasteiger partial charge in [0.2, 0.25) is 5.91 Å². The molecule has 0 aliphatic heterocycles. The molecule has 0 heterocycles. The molecule has 0 aromatic heterocycles. The molecule has 0 spiro atoms. The van der Waals surface area contributed by atoms with Gasteiger partial charge in [0.15, 0.2) is 0 Å². The molecule has 2 aromatic rings. The van der Waals surface area contributed by atoms with Crippen LogP contribution in [0, 0.1) is 0 Å². The number of carbonyl (C=O) groups is 2. The van der Waals surface area contributed by atoms with E-state index in [1.807, 2.05) is 42.5 Å². The zero-order chi connectivity index (χ0) is 26.6. The number of carbonyl (C=O) groups excluding carboxylic acids is 2. The molecule has 0 aliphatic rings. The summed E-state index contributed by atoms with van der Waals surface area (Å²) >= 11 is 0. The molecule has 0 radical (unpaired) electrons. The van der Waals surface area contributed by atoms with Gasteiger partial charge in [0, 0.05) is 30.5 Å². The highest BCUT2D eigenvalue weighted by Crippen LogP contribution is 2.17. The lowest BCUT2D eigenvalue weighted by Crippen LogP contribution is -2.30. The molecule has 0 atom stereocenters. The summed E-state index contributed by atoms with van der Waals surface area (Å²) in [7, 11) is 1.77. The zero-order valence-corrected chi connectivity index (χ0v) is 23.3. The molecule has 2 amide bonds. The highest BCUT2D eigenvalue weighted by atomic mass is 16.2. The normalized spacial score (nSPS) is 10.8. The molecule has 37 heavy (non-hydrogen) atoms. The summed E-state index contributed by atoms with van der Waals surface area (Å²) in [6, 6.07) is 16.8. The van der Waals surface area contributed by atoms with Gasteiger partial charge < -0.3 is 15.5 Å². The Morgan fingerprint density at radius 1 is 0.676 bits per heavy atom. The van der Waals surface area contributed by atoms with Crippen LogP contribution >= 0.6 is 0 Å². The third-order valence-electron chi connectivity index (χ3n) is 6.89. The molecule has 2 N–H and O–H groups in total. The highest BCUT2D eigenvalue weighted by molar-refractivity contribution is 6.05. The molecule has 0 aliphatic carbocycles. The molecule has 5 nitrogen and oxygen atoms in total. The van der Waals surface area contributed by atoms with Crippen molar-refractivity contribution in [1.29, 1.82) is 0 Å². The molecule has 0 saturated carbocycles. The number of rotatable bonds is 20. The van der Waals surface area contributed by atoms with Crippen LogP contribution in [0.2, 0.25) is 0 Å². The Morgan fingerprint density at radius 3 is 1.73 bits per heavy atom. The number of para-hydroxylation sites is 1. The van der Waals surface area contributed by atoms with Crippen molar-refractivity contribution in [2.24, 2.45) is 0 Å². The first-order valence-electron chi connectivity index (χ1n) is 14.6. The summed E-state index contributed by atoms with van der Waals surface area (Å²) in [5.74, 6) is -0.0673. The summed E-state index contributed by atoms with van der Waals surface area (Å²) in [6.07, 6.45) is 18.7. The predicted molar refractivity (Wildman–Crippen MR) is 157 cm³/mol. The number of hydrogen-bond donors (Lipinski definition) is 2. The van der Waals surface area contributed by atoms with Crippen LogP contribution in [0.25, 0.3) is 0 Å². The van der Waals surface area contributed by atoms with Crippen LogP contribution in [-0.4, -0.2) is 32.0 Å². The standard InChI is InChI=1S/C32H49N3O2/c1-3-4-5-6-7-8-9-10-11-12-13-14-15-19-26-33-31(36)27-34-29-24-22-28(23-25-29)32(37)35(2)30-20-17-16-18-21-30/h16-18,20-25,34H,3-15,19,26-27H2,1-2H3,(H,33,36). The summed E-state index contributed by atoms with van der Waals surface area (Å²) < 4.78 is 0. The van der Waals surface area contributed by atoms with E-state index in [0.717, 1.165) is 24.3 Å².